The van der Waals surface area contributed by atoms with Crippen LogP contribution in [0.15, 0.2) is 60.7 Å². The number of ether oxygens (including phenoxy) is 2. The molecule has 0 spiro atoms. The molecule has 0 unspecified atom stereocenters. The Bertz CT molecular complexity index is 1090. The minimum absolute atomic E-state index is 0.207. The lowest BCUT2D eigenvalue weighted by Crippen LogP contribution is -2.29. The highest BCUT2D eigenvalue weighted by Crippen LogP contribution is 2.43. The smallest absolute Gasteiger partial charge is 0.132 e. The van der Waals surface area contributed by atoms with Crippen LogP contribution in [0.2, 0.25) is 0 Å². The van der Waals surface area contributed by atoms with Crippen LogP contribution in [0.3, 0.4) is 0 Å². The van der Waals surface area contributed by atoms with E-state index in [0.717, 1.165) is 40.1 Å². The van der Waals surface area contributed by atoms with Crippen LogP contribution in [0.25, 0.3) is 16.3 Å². The summed E-state index contributed by atoms with van der Waals surface area (Å²) in [6.45, 7) is 5.51. The van der Waals surface area contributed by atoms with Crippen molar-refractivity contribution in [2.75, 3.05) is 27.2 Å². The zero-order chi connectivity index (χ0) is 20.6. The fourth-order valence-corrected chi connectivity index (χ4v) is 3.70. The van der Waals surface area contributed by atoms with Gasteiger partial charge in [0.05, 0.1) is 0 Å². The van der Waals surface area contributed by atoms with E-state index in [0.29, 0.717) is 12.0 Å². The zero-order valence-electron chi connectivity index (χ0n) is 17.3. The number of rotatable bonds is 5. The van der Waals surface area contributed by atoms with Crippen LogP contribution in [0, 0.1) is 5.82 Å². The molecular formula is C25H26FNO2. The fourth-order valence-electron chi connectivity index (χ4n) is 3.70. The summed E-state index contributed by atoms with van der Waals surface area (Å²) in [6, 6.07) is 16.9. The third-order valence-electron chi connectivity index (χ3n) is 5.08. The molecule has 1 aliphatic heterocycles. The van der Waals surface area contributed by atoms with E-state index in [1.54, 1.807) is 6.07 Å². The van der Waals surface area contributed by atoms with Crippen LogP contribution < -0.4 is 9.47 Å². The highest BCUT2D eigenvalue weighted by Gasteiger charge is 2.28. The summed E-state index contributed by atoms with van der Waals surface area (Å²) in [7, 11) is 4.04. The predicted octanol–water partition coefficient (Wildman–Crippen LogP) is 5.52. The van der Waals surface area contributed by atoms with Gasteiger partial charge in [-0.05, 0) is 68.7 Å². The van der Waals surface area contributed by atoms with Crippen LogP contribution in [0.4, 0.5) is 4.39 Å². The second-order valence-electron chi connectivity index (χ2n) is 8.21. The van der Waals surface area contributed by atoms with Crippen molar-refractivity contribution in [2.24, 2.45) is 0 Å². The average molecular weight is 391 g/mol. The predicted molar refractivity (Wildman–Crippen MR) is 116 cm³/mol. The lowest BCUT2D eigenvalue weighted by Gasteiger charge is -2.32. The first-order valence-electron chi connectivity index (χ1n) is 9.85. The minimum Gasteiger partial charge on any atom is -0.492 e. The number of likely N-dealkylation sites (N-methyl/N-ethyl adjacent to an activating group) is 1. The van der Waals surface area contributed by atoms with E-state index in [4.69, 9.17) is 9.47 Å². The fraction of sp³-hybridized carbons (Fsp3) is 0.280. The van der Waals surface area contributed by atoms with E-state index in [-0.39, 0.29) is 5.82 Å². The molecule has 4 heteroatoms. The second-order valence-corrected chi connectivity index (χ2v) is 8.21. The Hall–Kier alpha value is -2.85. The van der Waals surface area contributed by atoms with Gasteiger partial charge >= 0.3 is 0 Å². The number of hydrogen-bond donors (Lipinski definition) is 0. The first kappa shape index (κ1) is 19.5. The monoisotopic (exact) mass is 391 g/mol. The number of benzene rings is 3. The summed E-state index contributed by atoms with van der Waals surface area (Å²) in [5.74, 6) is 1.36. The number of fused-ring (bicyclic) bond motifs is 2. The van der Waals surface area contributed by atoms with Crippen molar-refractivity contribution in [3.8, 4) is 11.5 Å². The van der Waals surface area contributed by atoms with Crippen molar-refractivity contribution in [3.63, 3.8) is 0 Å². The van der Waals surface area contributed by atoms with E-state index in [1.807, 2.05) is 76.5 Å². The maximum atomic E-state index is 14.3. The molecule has 0 N–H and O–H groups in total. The van der Waals surface area contributed by atoms with Crippen LogP contribution in [0.1, 0.15) is 25.0 Å². The van der Waals surface area contributed by atoms with Gasteiger partial charge in [-0.1, -0.05) is 30.3 Å². The molecule has 0 aliphatic carbocycles. The molecule has 4 rings (SSSR count). The SMILES string of the molecule is CN(C)CCOc1ccc2c(c1)OC(C)(C)C=C2c1ccc(F)c2ccccc12. The molecule has 3 aromatic carbocycles. The molecule has 0 amide bonds. The van der Waals surface area contributed by atoms with Gasteiger partial charge in [0, 0.05) is 23.6 Å². The van der Waals surface area contributed by atoms with Gasteiger partial charge in [-0.3, -0.25) is 0 Å². The molecular weight excluding hydrogens is 365 g/mol. The molecule has 1 heterocycles. The third-order valence-corrected chi connectivity index (χ3v) is 5.08. The van der Waals surface area contributed by atoms with Gasteiger partial charge in [0.15, 0.2) is 0 Å². The summed E-state index contributed by atoms with van der Waals surface area (Å²) < 4.78 is 26.5. The van der Waals surface area contributed by atoms with Crippen molar-refractivity contribution in [1.29, 1.82) is 0 Å². The second kappa shape index (κ2) is 7.53. The summed E-state index contributed by atoms with van der Waals surface area (Å²) >= 11 is 0. The first-order chi connectivity index (χ1) is 13.8. The molecule has 0 aromatic heterocycles. The Morgan fingerprint density at radius 2 is 1.69 bits per heavy atom. The molecule has 3 aromatic rings. The molecule has 0 saturated carbocycles. The third kappa shape index (κ3) is 3.99. The molecule has 150 valence electrons. The first-order valence-corrected chi connectivity index (χ1v) is 9.85. The molecule has 3 nitrogen and oxygen atoms in total. The molecule has 29 heavy (non-hydrogen) atoms. The molecule has 0 bridgehead atoms. The zero-order valence-corrected chi connectivity index (χ0v) is 17.3. The highest BCUT2D eigenvalue weighted by molar-refractivity contribution is 5.99. The Kier molecular flexibility index (Phi) is 5.05. The molecule has 1 aliphatic rings. The Morgan fingerprint density at radius 1 is 0.966 bits per heavy atom. The molecule has 0 saturated heterocycles. The van der Waals surface area contributed by atoms with Crippen molar-refractivity contribution in [2.45, 2.75) is 19.4 Å². The van der Waals surface area contributed by atoms with E-state index in [9.17, 15) is 4.39 Å². The summed E-state index contributed by atoms with van der Waals surface area (Å²) in [5.41, 5.74) is 2.55. The maximum Gasteiger partial charge on any atom is 0.132 e. The molecule has 0 radical (unpaired) electrons. The standard InChI is InChI=1S/C25H26FNO2/c1-25(2)16-22(19-11-12-23(26)20-8-6-5-7-18(19)20)21-10-9-17(15-24(21)29-25)28-14-13-27(3)4/h5-12,15-16H,13-14H2,1-4H3. The average Bonchev–Trinajstić information content (AvgIpc) is 2.67. The van der Waals surface area contributed by atoms with Gasteiger partial charge in [-0.2, -0.15) is 0 Å². The lowest BCUT2D eigenvalue weighted by molar-refractivity contribution is 0.157. The Morgan fingerprint density at radius 3 is 2.45 bits per heavy atom. The van der Waals surface area contributed by atoms with Gasteiger partial charge in [-0.15, -0.1) is 0 Å². The molecule has 0 fully saturated rings. The van der Waals surface area contributed by atoms with Gasteiger partial charge in [-0.25, -0.2) is 4.39 Å². The van der Waals surface area contributed by atoms with E-state index in [1.165, 1.54) is 0 Å². The van der Waals surface area contributed by atoms with Crippen molar-refractivity contribution < 1.29 is 13.9 Å². The lowest BCUT2D eigenvalue weighted by atomic mass is 9.87. The van der Waals surface area contributed by atoms with Crippen molar-refractivity contribution in [1.82, 2.24) is 4.90 Å². The summed E-state index contributed by atoms with van der Waals surface area (Å²) in [4.78, 5) is 2.08. The number of hydrogen-bond acceptors (Lipinski definition) is 3. The normalized spacial score (nSPS) is 15.0. The number of halogens is 1. The minimum atomic E-state index is -0.486. The summed E-state index contributed by atoms with van der Waals surface area (Å²) in [6.07, 6.45) is 2.11. The highest BCUT2D eigenvalue weighted by atomic mass is 19.1. The van der Waals surface area contributed by atoms with Gasteiger partial charge in [0.25, 0.3) is 0 Å². The Labute approximate surface area is 171 Å². The van der Waals surface area contributed by atoms with E-state index < -0.39 is 5.60 Å². The van der Waals surface area contributed by atoms with Crippen molar-refractivity contribution in [3.05, 3.63) is 77.6 Å². The summed E-state index contributed by atoms with van der Waals surface area (Å²) in [5, 5.41) is 1.52. The van der Waals surface area contributed by atoms with Crippen LogP contribution in [-0.2, 0) is 0 Å². The van der Waals surface area contributed by atoms with Crippen LogP contribution >= 0.6 is 0 Å². The van der Waals surface area contributed by atoms with Crippen molar-refractivity contribution >= 4 is 16.3 Å². The maximum absolute atomic E-state index is 14.3. The van der Waals surface area contributed by atoms with Crippen LogP contribution in [-0.4, -0.2) is 37.7 Å². The largest absolute Gasteiger partial charge is 0.492 e. The topological polar surface area (TPSA) is 21.7 Å². The van der Waals surface area contributed by atoms with Gasteiger partial charge in [0.2, 0.25) is 0 Å². The van der Waals surface area contributed by atoms with Crippen LogP contribution in [0.5, 0.6) is 11.5 Å². The van der Waals surface area contributed by atoms with E-state index >= 15 is 0 Å². The van der Waals surface area contributed by atoms with Gasteiger partial charge in [0.1, 0.15) is 29.5 Å². The number of nitrogens with zero attached hydrogens (tertiary/aromatic N) is 1. The Balaban J connectivity index is 1.78. The van der Waals surface area contributed by atoms with Gasteiger partial charge < -0.3 is 14.4 Å². The quantitative estimate of drug-likeness (QED) is 0.571. The van der Waals surface area contributed by atoms with E-state index in [2.05, 4.69) is 11.0 Å². The molecule has 0 atom stereocenters.